The van der Waals surface area contributed by atoms with Crippen LogP contribution in [0.1, 0.15) is 30.2 Å². The molecule has 0 aliphatic carbocycles. The van der Waals surface area contributed by atoms with Crippen LogP contribution in [0.4, 0.5) is 0 Å². The molecular weight excluding hydrogens is 366 g/mol. The van der Waals surface area contributed by atoms with Crippen LogP contribution in [0.15, 0.2) is 70.8 Å². The third kappa shape index (κ3) is 7.46. The van der Waals surface area contributed by atoms with Gasteiger partial charge in [0.15, 0.2) is 5.96 Å². The second kappa shape index (κ2) is 11.7. The molecule has 29 heavy (non-hydrogen) atoms. The number of furan rings is 1. The summed E-state index contributed by atoms with van der Waals surface area (Å²) in [6.45, 7) is 6.34. The first kappa shape index (κ1) is 20.7. The molecule has 2 heterocycles. The number of aliphatic imine (C=N–C) groups is 1. The minimum atomic E-state index is 0.512. The van der Waals surface area contributed by atoms with E-state index in [9.17, 15) is 0 Å². The number of guanidine groups is 1. The van der Waals surface area contributed by atoms with Crippen LogP contribution in [0.25, 0.3) is 0 Å². The Morgan fingerprint density at radius 1 is 1.17 bits per heavy atom. The van der Waals surface area contributed by atoms with Gasteiger partial charge in [-0.05, 0) is 36.6 Å². The van der Waals surface area contributed by atoms with Gasteiger partial charge in [-0.2, -0.15) is 0 Å². The molecule has 7 heteroatoms. The molecular formula is C22H29N5O2. The third-order valence-electron chi connectivity index (χ3n) is 4.29. The lowest BCUT2D eigenvalue weighted by atomic mass is 10.1. The summed E-state index contributed by atoms with van der Waals surface area (Å²) in [6, 6.07) is 12.3. The van der Waals surface area contributed by atoms with E-state index >= 15 is 0 Å². The van der Waals surface area contributed by atoms with Crippen molar-refractivity contribution >= 4 is 5.96 Å². The zero-order chi connectivity index (χ0) is 20.2. The van der Waals surface area contributed by atoms with Crippen LogP contribution in [-0.2, 0) is 24.4 Å². The highest BCUT2D eigenvalue weighted by Gasteiger charge is 2.00. The van der Waals surface area contributed by atoms with Crippen LogP contribution in [0, 0.1) is 0 Å². The average Bonchev–Trinajstić information content (AvgIpc) is 3.44. The molecule has 7 nitrogen and oxygen atoms in total. The van der Waals surface area contributed by atoms with Crippen molar-refractivity contribution in [3.63, 3.8) is 0 Å². The lowest BCUT2D eigenvalue weighted by Gasteiger charge is -2.11. The number of hydrogen-bond acceptors (Lipinski definition) is 4. The van der Waals surface area contributed by atoms with Crippen LogP contribution in [-0.4, -0.2) is 35.2 Å². The maximum atomic E-state index is 5.60. The first-order valence-corrected chi connectivity index (χ1v) is 9.99. The van der Waals surface area contributed by atoms with E-state index in [1.54, 1.807) is 12.5 Å². The highest BCUT2D eigenvalue weighted by Crippen LogP contribution is 2.07. The Morgan fingerprint density at radius 2 is 2.03 bits per heavy atom. The molecule has 0 atom stereocenters. The van der Waals surface area contributed by atoms with Gasteiger partial charge in [0.05, 0.1) is 19.1 Å². The highest BCUT2D eigenvalue weighted by atomic mass is 16.5. The van der Waals surface area contributed by atoms with Crippen molar-refractivity contribution in [2.24, 2.45) is 4.99 Å². The molecule has 154 valence electrons. The molecule has 0 aliphatic heterocycles. The summed E-state index contributed by atoms with van der Waals surface area (Å²) < 4.78 is 12.9. The molecule has 0 aliphatic rings. The Hall–Kier alpha value is -3.06. The molecule has 0 unspecified atom stereocenters. The number of imidazole rings is 1. The maximum absolute atomic E-state index is 5.60. The maximum Gasteiger partial charge on any atom is 0.191 e. The van der Waals surface area contributed by atoms with Crippen molar-refractivity contribution in [2.45, 2.75) is 33.0 Å². The molecule has 2 aromatic heterocycles. The fourth-order valence-corrected chi connectivity index (χ4v) is 2.80. The van der Waals surface area contributed by atoms with E-state index < -0.39 is 0 Å². The average molecular weight is 396 g/mol. The topological polar surface area (TPSA) is 76.6 Å². The summed E-state index contributed by atoms with van der Waals surface area (Å²) in [7, 11) is 0. The van der Waals surface area contributed by atoms with E-state index in [-0.39, 0.29) is 0 Å². The second-order valence-electron chi connectivity index (χ2n) is 6.66. The Kier molecular flexibility index (Phi) is 8.34. The van der Waals surface area contributed by atoms with Gasteiger partial charge in [0, 0.05) is 38.6 Å². The minimum Gasteiger partial charge on any atom is -0.467 e. The fourth-order valence-electron chi connectivity index (χ4n) is 2.80. The largest absolute Gasteiger partial charge is 0.467 e. The van der Waals surface area contributed by atoms with Crippen molar-refractivity contribution < 1.29 is 9.15 Å². The zero-order valence-electron chi connectivity index (χ0n) is 16.9. The molecule has 0 radical (unpaired) electrons. The zero-order valence-corrected chi connectivity index (χ0v) is 16.9. The van der Waals surface area contributed by atoms with E-state index in [0.29, 0.717) is 19.8 Å². The molecule has 0 saturated heterocycles. The summed E-state index contributed by atoms with van der Waals surface area (Å²) in [6.07, 6.45) is 8.15. The molecule has 1 aromatic carbocycles. The molecule has 2 N–H and O–H groups in total. The Balaban J connectivity index is 1.38. The molecule has 3 rings (SSSR count). The Morgan fingerprint density at radius 3 is 2.76 bits per heavy atom. The second-order valence-corrected chi connectivity index (χ2v) is 6.66. The van der Waals surface area contributed by atoms with Gasteiger partial charge in [0.2, 0.25) is 0 Å². The van der Waals surface area contributed by atoms with E-state index in [0.717, 1.165) is 37.8 Å². The Labute approximate surface area is 171 Å². The van der Waals surface area contributed by atoms with Crippen molar-refractivity contribution in [3.8, 4) is 0 Å². The van der Waals surface area contributed by atoms with Gasteiger partial charge in [0.25, 0.3) is 0 Å². The monoisotopic (exact) mass is 395 g/mol. The highest BCUT2D eigenvalue weighted by molar-refractivity contribution is 5.79. The standard InChI is InChI=1S/C22H29N5O2/c1-2-24-22(25-10-4-13-28-17-21-5-3-14-29-21)26-15-19-6-8-20(9-7-19)16-27-12-11-23-18-27/h3,5-9,11-12,14,18H,2,4,10,13,15-17H2,1H3,(H2,24,25,26). The van der Waals surface area contributed by atoms with Gasteiger partial charge in [0.1, 0.15) is 12.4 Å². The van der Waals surface area contributed by atoms with Crippen LogP contribution < -0.4 is 10.6 Å². The van der Waals surface area contributed by atoms with Crippen LogP contribution in [0.5, 0.6) is 0 Å². The third-order valence-corrected chi connectivity index (χ3v) is 4.29. The summed E-state index contributed by atoms with van der Waals surface area (Å²) in [5.41, 5.74) is 2.42. The van der Waals surface area contributed by atoms with E-state index in [4.69, 9.17) is 9.15 Å². The van der Waals surface area contributed by atoms with Crippen molar-refractivity contribution in [3.05, 3.63) is 78.3 Å². The number of nitrogens with one attached hydrogen (secondary N) is 2. The minimum absolute atomic E-state index is 0.512. The molecule has 3 aromatic rings. The first-order chi connectivity index (χ1) is 14.3. The van der Waals surface area contributed by atoms with Crippen molar-refractivity contribution in [1.29, 1.82) is 0 Å². The summed E-state index contributed by atoms with van der Waals surface area (Å²) in [4.78, 5) is 8.74. The van der Waals surface area contributed by atoms with Gasteiger partial charge < -0.3 is 24.4 Å². The molecule has 0 bridgehead atoms. The number of nitrogens with zero attached hydrogens (tertiary/aromatic N) is 3. The molecule has 0 saturated carbocycles. The van der Waals surface area contributed by atoms with Crippen LogP contribution >= 0.6 is 0 Å². The van der Waals surface area contributed by atoms with E-state index in [1.165, 1.54) is 11.1 Å². The van der Waals surface area contributed by atoms with Gasteiger partial charge in [-0.15, -0.1) is 0 Å². The Bertz CT molecular complexity index is 827. The number of ether oxygens (including phenoxy) is 1. The summed E-state index contributed by atoms with van der Waals surface area (Å²) >= 11 is 0. The smallest absolute Gasteiger partial charge is 0.191 e. The predicted molar refractivity (Wildman–Crippen MR) is 114 cm³/mol. The lowest BCUT2D eigenvalue weighted by molar-refractivity contribution is 0.105. The number of benzene rings is 1. The predicted octanol–water partition coefficient (Wildman–Crippen LogP) is 3.19. The molecule has 0 amide bonds. The fraction of sp³-hybridized carbons (Fsp3) is 0.364. The number of rotatable bonds is 11. The van der Waals surface area contributed by atoms with Crippen molar-refractivity contribution in [2.75, 3.05) is 19.7 Å². The van der Waals surface area contributed by atoms with Gasteiger partial charge in [-0.1, -0.05) is 24.3 Å². The summed E-state index contributed by atoms with van der Waals surface area (Å²) in [5, 5.41) is 6.63. The van der Waals surface area contributed by atoms with Crippen molar-refractivity contribution in [1.82, 2.24) is 20.2 Å². The van der Waals surface area contributed by atoms with E-state index in [2.05, 4.69) is 56.4 Å². The number of hydrogen-bond donors (Lipinski definition) is 2. The quantitative estimate of drug-likeness (QED) is 0.296. The van der Waals surface area contributed by atoms with E-state index in [1.807, 2.05) is 24.7 Å². The van der Waals surface area contributed by atoms with Crippen LogP contribution in [0.2, 0.25) is 0 Å². The molecule has 0 spiro atoms. The lowest BCUT2D eigenvalue weighted by Crippen LogP contribution is -2.38. The molecule has 0 fully saturated rings. The normalized spacial score (nSPS) is 11.6. The number of aromatic nitrogens is 2. The van der Waals surface area contributed by atoms with Gasteiger partial charge >= 0.3 is 0 Å². The van der Waals surface area contributed by atoms with Crippen LogP contribution in [0.3, 0.4) is 0 Å². The SMILES string of the molecule is CCNC(=NCc1ccc(Cn2ccnc2)cc1)NCCCOCc1ccco1. The first-order valence-electron chi connectivity index (χ1n) is 9.99. The van der Waals surface area contributed by atoms with Gasteiger partial charge in [-0.25, -0.2) is 9.98 Å². The summed E-state index contributed by atoms with van der Waals surface area (Å²) in [5.74, 6) is 1.67. The van der Waals surface area contributed by atoms with Gasteiger partial charge in [-0.3, -0.25) is 0 Å².